The van der Waals surface area contributed by atoms with Crippen LogP contribution in [0.25, 0.3) is 11.2 Å². The van der Waals surface area contributed by atoms with E-state index < -0.39 is 0 Å². The third-order valence-electron chi connectivity index (χ3n) is 6.88. The second kappa shape index (κ2) is 10.3. The van der Waals surface area contributed by atoms with Gasteiger partial charge in [-0.15, -0.1) is 0 Å². The lowest BCUT2D eigenvalue weighted by Gasteiger charge is -2.37. The normalized spacial score (nSPS) is 13.9. The van der Waals surface area contributed by atoms with Crippen molar-refractivity contribution in [3.8, 4) is 0 Å². The molecule has 186 valence electrons. The summed E-state index contributed by atoms with van der Waals surface area (Å²) in [5.74, 6) is 0.108. The van der Waals surface area contributed by atoms with E-state index >= 15 is 0 Å². The Hall–Kier alpha value is -3.62. The summed E-state index contributed by atoms with van der Waals surface area (Å²) >= 11 is 0. The second-order valence-corrected chi connectivity index (χ2v) is 8.95. The zero-order valence-corrected chi connectivity index (χ0v) is 21.0. The molecule has 35 heavy (non-hydrogen) atoms. The molecule has 9 heteroatoms. The summed E-state index contributed by atoms with van der Waals surface area (Å²) in [6, 6.07) is 9.81. The van der Waals surface area contributed by atoms with Crippen molar-refractivity contribution in [3.05, 3.63) is 51.9 Å². The Bertz CT molecular complexity index is 1300. The number of amides is 2. The van der Waals surface area contributed by atoms with Crippen LogP contribution in [0, 0.1) is 13.8 Å². The molecule has 9 nitrogen and oxygen atoms in total. The van der Waals surface area contributed by atoms with Gasteiger partial charge in [0, 0.05) is 57.8 Å². The predicted octanol–water partition coefficient (Wildman–Crippen LogP) is 2.92. The van der Waals surface area contributed by atoms with Crippen molar-refractivity contribution in [2.45, 2.75) is 53.6 Å². The lowest BCUT2D eigenvalue weighted by Crippen LogP contribution is -2.49. The topological polar surface area (TPSA) is 92.5 Å². The van der Waals surface area contributed by atoms with Gasteiger partial charge in [0.2, 0.25) is 11.8 Å². The summed E-state index contributed by atoms with van der Waals surface area (Å²) in [5, 5.41) is 2.78. The molecule has 1 saturated heterocycles. The van der Waals surface area contributed by atoms with Gasteiger partial charge in [-0.3, -0.25) is 18.7 Å². The number of aromatic nitrogens is 3. The molecule has 2 amide bonds. The summed E-state index contributed by atoms with van der Waals surface area (Å²) in [7, 11) is 0. The van der Waals surface area contributed by atoms with Gasteiger partial charge in [-0.1, -0.05) is 12.1 Å². The number of pyridine rings is 1. The molecule has 3 aromatic rings. The molecule has 0 unspecified atom stereocenters. The molecule has 0 bridgehead atoms. The first-order chi connectivity index (χ1) is 16.8. The van der Waals surface area contributed by atoms with Crippen molar-refractivity contribution in [2.24, 2.45) is 0 Å². The van der Waals surface area contributed by atoms with Gasteiger partial charge in [-0.25, -0.2) is 9.78 Å². The molecule has 4 rings (SSSR count). The SMILES string of the molecule is CCn1c(=O)n(CC)c2nc(NC(=O)CCC(=O)N3CCN(c4cccc(C)c4C)CC3)ccc21. The molecule has 1 aliphatic heterocycles. The first kappa shape index (κ1) is 24.5. The van der Waals surface area contributed by atoms with Crippen LogP contribution in [0.5, 0.6) is 0 Å². The van der Waals surface area contributed by atoms with Crippen LogP contribution in [0.2, 0.25) is 0 Å². The minimum absolute atomic E-state index is 0.0102. The largest absolute Gasteiger partial charge is 0.368 e. The number of nitrogens with one attached hydrogen (secondary N) is 1. The van der Waals surface area contributed by atoms with Crippen molar-refractivity contribution in [2.75, 3.05) is 36.4 Å². The van der Waals surface area contributed by atoms with E-state index in [4.69, 9.17) is 0 Å². The van der Waals surface area contributed by atoms with Gasteiger partial charge in [-0.2, -0.15) is 0 Å². The number of fused-ring (bicyclic) bond motifs is 1. The van der Waals surface area contributed by atoms with Gasteiger partial charge in [0.1, 0.15) is 5.82 Å². The Labute approximate surface area is 205 Å². The highest BCUT2D eigenvalue weighted by molar-refractivity contribution is 5.93. The van der Waals surface area contributed by atoms with E-state index in [-0.39, 0.29) is 30.3 Å². The Morgan fingerprint density at radius 1 is 0.943 bits per heavy atom. The number of hydrogen-bond donors (Lipinski definition) is 1. The Kier molecular flexibility index (Phi) is 7.23. The number of imidazole rings is 1. The molecular formula is C26H34N6O3. The van der Waals surface area contributed by atoms with Gasteiger partial charge >= 0.3 is 5.69 Å². The van der Waals surface area contributed by atoms with E-state index in [9.17, 15) is 14.4 Å². The van der Waals surface area contributed by atoms with E-state index in [0.29, 0.717) is 37.6 Å². The van der Waals surface area contributed by atoms with Crippen LogP contribution in [0.3, 0.4) is 0 Å². The van der Waals surface area contributed by atoms with Gasteiger partial charge in [0.15, 0.2) is 5.65 Å². The summed E-state index contributed by atoms with van der Waals surface area (Å²) in [4.78, 5) is 46.4. The van der Waals surface area contributed by atoms with E-state index in [1.807, 2.05) is 18.7 Å². The molecule has 1 N–H and O–H groups in total. The van der Waals surface area contributed by atoms with Crippen molar-refractivity contribution < 1.29 is 9.59 Å². The minimum atomic E-state index is -0.264. The van der Waals surface area contributed by atoms with E-state index in [1.165, 1.54) is 16.8 Å². The fourth-order valence-electron chi connectivity index (χ4n) is 4.71. The number of piperazine rings is 1. The number of benzene rings is 1. The molecule has 1 aromatic carbocycles. The number of hydrogen-bond acceptors (Lipinski definition) is 5. The standard InChI is InChI=1S/C26H34N6O3/c1-5-31-21-10-11-22(28-25(21)32(6-2)26(31)35)27-23(33)12-13-24(34)30-16-14-29(15-17-30)20-9-7-8-18(3)19(20)4/h7-11H,5-6,12-17H2,1-4H3,(H,27,28,33). The lowest BCUT2D eigenvalue weighted by molar-refractivity contribution is -0.133. The highest BCUT2D eigenvalue weighted by Crippen LogP contribution is 2.24. The molecule has 2 aromatic heterocycles. The third kappa shape index (κ3) is 4.94. The molecule has 0 atom stereocenters. The van der Waals surface area contributed by atoms with Crippen LogP contribution < -0.4 is 15.9 Å². The monoisotopic (exact) mass is 478 g/mol. The smallest absolute Gasteiger partial charge is 0.330 e. The average Bonchev–Trinajstić information content (AvgIpc) is 3.13. The summed E-state index contributed by atoms with van der Waals surface area (Å²) < 4.78 is 3.26. The average molecular weight is 479 g/mol. The quantitative estimate of drug-likeness (QED) is 0.564. The molecule has 1 fully saturated rings. The maximum atomic E-state index is 12.7. The van der Waals surface area contributed by atoms with E-state index in [0.717, 1.165) is 18.6 Å². The van der Waals surface area contributed by atoms with Crippen molar-refractivity contribution in [1.82, 2.24) is 19.0 Å². The number of nitrogens with zero attached hydrogens (tertiary/aromatic N) is 5. The molecule has 0 radical (unpaired) electrons. The van der Waals surface area contributed by atoms with Crippen molar-refractivity contribution in [3.63, 3.8) is 0 Å². The summed E-state index contributed by atoms with van der Waals surface area (Å²) in [6.07, 6.45) is 0.246. The number of anilines is 2. The van der Waals surface area contributed by atoms with Crippen LogP contribution in [-0.4, -0.2) is 57.0 Å². The number of carbonyl (C=O) groups is 2. The van der Waals surface area contributed by atoms with Crippen LogP contribution in [-0.2, 0) is 22.7 Å². The number of carbonyl (C=O) groups excluding carboxylic acids is 2. The maximum Gasteiger partial charge on any atom is 0.330 e. The fraction of sp³-hybridized carbons (Fsp3) is 0.462. The summed E-state index contributed by atoms with van der Waals surface area (Å²) in [6.45, 7) is 12.0. The van der Waals surface area contributed by atoms with Crippen molar-refractivity contribution in [1.29, 1.82) is 0 Å². The third-order valence-corrected chi connectivity index (χ3v) is 6.88. The fourth-order valence-corrected chi connectivity index (χ4v) is 4.71. The zero-order chi connectivity index (χ0) is 25.1. The van der Waals surface area contributed by atoms with E-state index in [1.54, 1.807) is 21.3 Å². The predicted molar refractivity (Wildman–Crippen MR) is 138 cm³/mol. The lowest BCUT2D eigenvalue weighted by atomic mass is 10.1. The Morgan fingerprint density at radius 2 is 1.66 bits per heavy atom. The van der Waals surface area contributed by atoms with Gasteiger partial charge < -0.3 is 15.1 Å². The highest BCUT2D eigenvalue weighted by Gasteiger charge is 2.23. The van der Waals surface area contributed by atoms with Crippen LogP contribution in [0.1, 0.15) is 37.8 Å². The molecular weight excluding hydrogens is 444 g/mol. The minimum Gasteiger partial charge on any atom is -0.368 e. The van der Waals surface area contributed by atoms with Crippen LogP contribution in [0.4, 0.5) is 11.5 Å². The molecule has 1 aliphatic rings. The first-order valence-electron chi connectivity index (χ1n) is 12.3. The molecule has 0 spiro atoms. The highest BCUT2D eigenvalue weighted by atomic mass is 16.2. The molecule has 0 saturated carbocycles. The molecule has 3 heterocycles. The Balaban J connectivity index is 1.31. The van der Waals surface area contributed by atoms with Gasteiger partial charge in [0.05, 0.1) is 5.52 Å². The van der Waals surface area contributed by atoms with Crippen LogP contribution >= 0.6 is 0 Å². The van der Waals surface area contributed by atoms with Gasteiger partial charge in [-0.05, 0) is 57.0 Å². The summed E-state index contributed by atoms with van der Waals surface area (Å²) in [5.41, 5.74) is 4.95. The first-order valence-corrected chi connectivity index (χ1v) is 12.3. The van der Waals surface area contributed by atoms with E-state index in [2.05, 4.69) is 47.2 Å². The molecule has 0 aliphatic carbocycles. The number of aryl methyl sites for hydroxylation is 3. The van der Waals surface area contributed by atoms with Crippen LogP contribution in [0.15, 0.2) is 35.1 Å². The van der Waals surface area contributed by atoms with Crippen molar-refractivity contribution >= 4 is 34.5 Å². The number of rotatable bonds is 7. The Morgan fingerprint density at radius 3 is 2.34 bits per heavy atom. The van der Waals surface area contributed by atoms with Gasteiger partial charge in [0.25, 0.3) is 0 Å². The zero-order valence-electron chi connectivity index (χ0n) is 21.0. The second-order valence-electron chi connectivity index (χ2n) is 8.95. The maximum absolute atomic E-state index is 12.7.